The third kappa shape index (κ3) is 2.80. The number of carbonyl (C=O) groups is 1. The Morgan fingerprint density at radius 1 is 1.04 bits per heavy atom. The molecule has 0 unspecified atom stereocenters. The Balaban J connectivity index is 2.26. The minimum Gasteiger partial charge on any atom is -0.497 e. The zero-order chi connectivity index (χ0) is 17.1. The highest BCUT2D eigenvalue weighted by atomic mass is 16.5. The Bertz CT molecular complexity index is 882. The van der Waals surface area contributed by atoms with E-state index in [0.29, 0.717) is 0 Å². The molecule has 24 heavy (non-hydrogen) atoms. The Kier molecular flexibility index (Phi) is 4.42. The Morgan fingerprint density at radius 3 is 2.54 bits per heavy atom. The maximum atomic E-state index is 11.9. The predicted molar refractivity (Wildman–Crippen MR) is 92.6 cm³/mol. The van der Waals surface area contributed by atoms with Gasteiger partial charge >= 0.3 is 5.97 Å². The number of fused-ring (bicyclic) bond motifs is 1. The van der Waals surface area contributed by atoms with E-state index in [1.807, 2.05) is 42.5 Å². The number of ether oxygens (including phenoxy) is 3. The topological polar surface area (TPSA) is 60.5 Å². The summed E-state index contributed by atoms with van der Waals surface area (Å²) in [6.07, 6.45) is 0.164. The molecule has 3 aromatic rings. The van der Waals surface area contributed by atoms with Crippen molar-refractivity contribution in [1.82, 2.24) is 4.98 Å². The van der Waals surface area contributed by atoms with Crippen LogP contribution < -0.4 is 9.47 Å². The van der Waals surface area contributed by atoms with Gasteiger partial charge in [-0.05, 0) is 35.9 Å². The van der Waals surface area contributed by atoms with Gasteiger partial charge in [0.25, 0.3) is 0 Å². The SMILES string of the molecule is COC(=O)Cc1c(-c2ccccc2OC)[nH]c2ccc(OC)cc12. The zero-order valence-corrected chi connectivity index (χ0v) is 13.9. The van der Waals surface area contributed by atoms with Crippen LogP contribution in [0.4, 0.5) is 0 Å². The highest BCUT2D eigenvalue weighted by Crippen LogP contribution is 2.37. The fourth-order valence-corrected chi connectivity index (χ4v) is 2.83. The number of hydrogen-bond acceptors (Lipinski definition) is 4. The van der Waals surface area contributed by atoms with E-state index >= 15 is 0 Å². The first-order valence-corrected chi connectivity index (χ1v) is 7.56. The minimum atomic E-state index is -0.296. The number of aromatic nitrogens is 1. The van der Waals surface area contributed by atoms with Crippen LogP contribution in [0, 0.1) is 0 Å². The van der Waals surface area contributed by atoms with Gasteiger partial charge in [-0.15, -0.1) is 0 Å². The molecule has 3 rings (SSSR count). The monoisotopic (exact) mass is 325 g/mol. The van der Waals surface area contributed by atoms with Gasteiger partial charge in [0.1, 0.15) is 11.5 Å². The number of aromatic amines is 1. The second-order valence-corrected chi connectivity index (χ2v) is 5.34. The van der Waals surface area contributed by atoms with Crippen molar-refractivity contribution < 1.29 is 19.0 Å². The van der Waals surface area contributed by atoms with E-state index in [1.54, 1.807) is 14.2 Å². The van der Waals surface area contributed by atoms with E-state index in [2.05, 4.69) is 4.98 Å². The summed E-state index contributed by atoms with van der Waals surface area (Å²) in [5, 5.41) is 0.931. The summed E-state index contributed by atoms with van der Waals surface area (Å²) in [7, 11) is 4.64. The van der Waals surface area contributed by atoms with Gasteiger partial charge in [0.2, 0.25) is 0 Å². The summed E-state index contributed by atoms with van der Waals surface area (Å²) < 4.78 is 15.6. The van der Waals surface area contributed by atoms with Gasteiger partial charge in [-0.1, -0.05) is 12.1 Å². The molecule has 0 saturated carbocycles. The van der Waals surface area contributed by atoms with Crippen molar-refractivity contribution in [3.63, 3.8) is 0 Å². The van der Waals surface area contributed by atoms with Gasteiger partial charge in [-0.3, -0.25) is 4.79 Å². The maximum absolute atomic E-state index is 11.9. The van der Waals surface area contributed by atoms with E-state index in [0.717, 1.165) is 39.2 Å². The molecule has 0 fully saturated rings. The number of H-pyrrole nitrogens is 1. The van der Waals surface area contributed by atoms with Gasteiger partial charge in [-0.25, -0.2) is 0 Å². The van der Waals surface area contributed by atoms with Crippen LogP contribution in [0.1, 0.15) is 5.56 Å². The molecule has 2 aromatic carbocycles. The molecular weight excluding hydrogens is 306 g/mol. The number of rotatable bonds is 5. The van der Waals surface area contributed by atoms with Gasteiger partial charge < -0.3 is 19.2 Å². The summed E-state index contributed by atoms with van der Waals surface area (Å²) in [6.45, 7) is 0. The van der Waals surface area contributed by atoms with Crippen LogP contribution >= 0.6 is 0 Å². The molecule has 0 aliphatic carbocycles. The number of benzene rings is 2. The molecule has 124 valence electrons. The molecule has 0 aliphatic heterocycles. The van der Waals surface area contributed by atoms with Crippen LogP contribution in [0.25, 0.3) is 22.2 Å². The van der Waals surface area contributed by atoms with Crippen molar-refractivity contribution in [1.29, 1.82) is 0 Å². The van der Waals surface area contributed by atoms with E-state index in [9.17, 15) is 4.79 Å². The Morgan fingerprint density at radius 2 is 1.83 bits per heavy atom. The number of nitrogens with one attached hydrogen (secondary N) is 1. The molecule has 0 saturated heterocycles. The van der Waals surface area contributed by atoms with E-state index in [4.69, 9.17) is 14.2 Å². The van der Waals surface area contributed by atoms with Crippen LogP contribution in [0.5, 0.6) is 11.5 Å². The normalized spacial score (nSPS) is 10.6. The molecule has 0 atom stereocenters. The Labute approximate surface area is 140 Å². The van der Waals surface area contributed by atoms with Crippen molar-refractivity contribution in [3.05, 3.63) is 48.0 Å². The Hall–Kier alpha value is -2.95. The first kappa shape index (κ1) is 15.9. The van der Waals surface area contributed by atoms with Crippen LogP contribution in [0.3, 0.4) is 0 Å². The third-order valence-corrected chi connectivity index (χ3v) is 4.04. The van der Waals surface area contributed by atoms with Crippen LogP contribution in [-0.2, 0) is 16.0 Å². The van der Waals surface area contributed by atoms with Gasteiger partial charge in [-0.2, -0.15) is 0 Å². The van der Waals surface area contributed by atoms with E-state index in [-0.39, 0.29) is 12.4 Å². The van der Waals surface area contributed by atoms with Crippen molar-refractivity contribution in [3.8, 4) is 22.8 Å². The smallest absolute Gasteiger partial charge is 0.310 e. The maximum Gasteiger partial charge on any atom is 0.310 e. The lowest BCUT2D eigenvalue weighted by atomic mass is 10.0. The highest BCUT2D eigenvalue weighted by Gasteiger charge is 2.19. The molecule has 5 nitrogen and oxygen atoms in total. The average Bonchev–Trinajstić information content (AvgIpc) is 2.98. The highest BCUT2D eigenvalue weighted by molar-refractivity contribution is 5.95. The molecule has 0 bridgehead atoms. The fraction of sp³-hybridized carbons (Fsp3) is 0.211. The molecule has 0 spiro atoms. The molecule has 0 aliphatic rings. The van der Waals surface area contributed by atoms with Crippen molar-refractivity contribution in [2.24, 2.45) is 0 Å². The standard InChI is InChI=1S/C19H19NO4/c1-22-12-8-9-16-14(10-12)15(11-18(21)24-3)19(20-16)13-6-4-5-7-17(13)23-2/h4-10,20H,11H2,1-3H3. The van der Waals surface area contributed by atoms with Gasteiger partial charge in [0.05, 0.1) is 33.4 Å². The molecule has 1 N–H and O–H groups in total. The zero-order valence-electron chi connectivity index (χ0n) is 13.9. The number of para-hydroxylation sites is 1. The quantitative estimate of drug-likeness (QED) is 0.729. The molecule has 0 amide bonds. The van der Waals surface area contributed by atoms with E-state index in [1.165, 1.54) is 7.11 Å². The summed E-state index contributed by atoms with van der Waals surface area (Å²) in [5.41, 5.74) is 3.53. The lowest BCUT2D eigenvalue weighted by Crippen LogP contribution is -2.05. The van der Waals surface area contributed by atoms with Crippen molar-refractivity contribution in [2.45, 2.75) is 6.42 Å². The molecule has 1 aromatic heterocycles. The summed E-state index contributed by atoms with van der Waals surface area (Å²) in [6, 6.07) is 13.4. The van der Waals surface area contributed by atoms with Crippen LogP contribution in [-0.4, -0.2) is 32.3 Å². The number of carbonyl (C=O) groups excluding carboxylic acids is 1. The fourth-order valence-electron chi connectivity index (χ4n) is 2.83. The average molecular weight is 325 g/mol. The second-order valence-electron chi connectivity index (χ2n) is 5.34. The summed E-state index contributed by atoms with van der Waals surface area (Å²) in [4.78, 5) is 15.3. The molecule has 1 heterocycles. The largest absolute Gasteiger partial charge is 0.497 e. The number of methoxy groups -OCH3 is 3. The summed E-state index contributed by atoms with van der Waals surface area (Å²) in [5.74, 6) is 1.18. The number of hydrogen-bond donors (Lipinski definition) is 1. The van der Waals surface area contributed by atoms with Gasteiger partial charge in [0, 0.05) is 16.5 Å². The first-order chi connectivity index (χ1) is 11.7. The molecule has 0 radical (unpaired) electrons. The van der Waals surface area contributed by atoms with Crippen LogP contribution in [0.2, 0.25) is 0 Å². The first-order valence-electron chi connectivity index (χ1n) is 7.56. The molecule has 5 heteroatoms. The second kappa shape index (κ2) is 6.66. The molecular formula is C19H19NO4. The predicted octanol–water partition coefficient (Wildman–Crippen LogP) is 3.57. The number of esters is 1. The van der Waals surface area contributed by atoms with E-state index < -0.39 is 0 Å². The lowest BCUT2D eigenvalue weighted by molar-refractivity contribution is -0.139. The van der Waals surface area contributed by atoms with Crippen molar-refractivity contribution in [2.75, 3.05) is 21.3 Å². The third-order valence-electron chi connectivity index (χ3n) is 4.04. The minimum absolute atomic E-state index is 0.164. The van der Waals surface area contributed by atoms with Crippen LogP contribution in [0.15, 0.2) is 42.5 Å². The van der Waals surface area contributed by atoms with Crippen molar-refractivity contribution >= 4 is 16.9 Å². The van der Waals surface area contributed by atoms with Gasteiger partial charge in [0.15, 0.2) is 0 Å². The summed E-state index contributed by atoms with van der Waals surface area (Å²) >= 11 is 0. The lowest BCUT2D eigenvalue weighted by Gasteiger charge is -2.09.